The number of ether oxygens (including phenoxy) is 1. The van der Waals surface area contributed by atoms with Crippen molar-refractivity contribution < 1.29 is 18.3 Å². The third-order valence-corrected chi connectivity index (χ3v) is 7.80. The summed E-state index contributed by atoms with van der Waals surface area (Å²) >= 11 is 0. The van der Waals surface area contributed by atoms with Crippen LogP contribution in [-0.4, -0.2) is 33.0 Å². The third-order valence-electron chi connectivity index (χ3n) is 7.80. The van der Waals surface area contributed by atoms with Crippen LogP contribution >= 0.6 is 0 Å². The standard InChI is InChI=1S/C37H28FN5O4/c1-23-19-26(24(2)42(23)27-15-17-28(18-16-27)46-22-35(44)40-32-13-7-5-11-30(32)38)21-39-43-36(34-20-25-9-3-8-14-33(25)47-34)41-31-12-6-4-10-29(31)37(43)45/h3-21H,22H2,1-2H3,(H,40,44). The second-order valence-corrected chi connectivity index (χ2v) is 10.9. The Kier molecular flexibility index (Phi) is 7.67. The van der Waals surface area contributed by atoms with Crippen molar-refractivity contribution >= 4 is 39.7 Å². The molecule has 3 aromatic heterocycles. The lowest BCUT2D eigenvalue weighted by molar-refractivity contribution is -0.118. The van der Waals surface area contributed by atoms with Crippen molar-refractivity contribution in [1.29, 1.82) is 0 Å². The van der Waals surface area contributed by atoms with E-state index in [0.29, 0.717) is 33.8 Å². The molecule has 1 amide bonds. The molecule has 1 N–H and O–H groups in total. The number of hydrogen-bond donors (Lipinski definition) is 1. The number of hydrogen-bond acceptors (Lipinski definition) is 6. The van der Waals surface area contributed by atoms with Crippen LogP contribution < -0.4 is 15.6 Å². The van der Waals surface area contributed by atoms with Crippen molar-refractivity contribution in [3.8, 4) is 23.0 Å². The molecule has 47 heavy (non-hydrogen) atoms. The number of fused-ring (bicyclic) bond motifs is 2. The summed E-state index contributed by atoms with van der Waals surface area (Å²) in [7, 11) is 0. The van der Waals surface area contributed by atoms with Gasteiger partial charge in [-0.25, -0.2) is 9.37 Å². The number of amides is 1. The Bertz CT molecular complexity index is 2340. The number of aromatic nitrogens is 3. The molecule has 7 aromatic rings. The molecule has 0 spiro atoms. The predicted octanol–water partition coefficient (Wildman–Crippen LogP) is 7.26. The van der Waals surface area contributed by atoms with Crippen LogP contribution in [0.5, 0.6) is 5.75 Å². The van der Waals surface area contributed by atoms with Gasteiger partial charge in [0.2, 0.25) is 5.82 Å². The largest absolute Gasteiger partial charge is 0.484 e. The highest BCUT2D eigenvalue weighted by Crippen LogP contribution is 2.28. The van der Waals surface area contributed by atoms with E-state index >= 15 is 0 Å². The minimum Gasteiger partial charge on any atom is -0.484 e. The number of nitrogens with one attached hydrogen (secondary N) is 1. The maximum Gasteiger partial charge on any atom is 0.282 e. The summed E-state index contributed by atoms with van der Waals surface area (Å²) in [6.07, 6.45) is 1.65. The molecule has 7 rings (SSSR count). The lowest BCUT2D eigenvalue weighted by Crippen LogP contribution is -2.20. The number of aryl methyl sites for hydroxylation is 1. The number of furan rings is 1. The monoisotopic (exact) mass is 625 g/mol. The highest BCUT2D eigenvalue weighted by Gasteiger charge is 2.17. The molecule has 0 unspecified atom stereocenters. The van der Waals surface area contributed by atoms with Gasteiger partial charge in [0.1, 0.15) is 17.1 Å². The van der Waals surface area contributed by atoms with E-state index in [1.165, 1.54) is 16.8 Å². The van der Waals surface area contributed by atoms with Crippen molar-refractivity contribution in [2.75, 3.05) is 11.9 Å². The Morgan fingerprint density at radius 2 is 1.70 bits per heavy atom. The maximum atomic E-state index is 13.8. The summed E-state index contributed by atoms with van der Waals surface area (Å²) in [4.78, 5) is 30.7. The van der Waals surface area contributed by atoms with Gasteiger partial charge in [0.25, 0.3) is 11.5 Å². The highest BCUT2D eigenvalue weighted by atomic mass is 19.1. The van der Waals surface area contributed by atoms with E-state index < -0.39 is 11.7 Å². The molecule has 9 nitrogen and oxygen atoms in total. The summed E-state index contributed by atoms with van der Waals surface area (Å²) in [6, 6.07) is 31.8. The Morgan fingerprint density at radius 1 is 0.957 bits per heavy atom. The Balaban J connectivity index is 1.15. The van der Waals surface area contributed by atoms with Crippen LogP contribution in [0.3, 0.4) is 0 Å². The number of benzene rings is 4. The minimum absolute atomic E-state index is 0.0989. The summed E-state index contributed by atoms with van der Waals surface area (Å²) in [5, 5.41) is 8.48. The minimum atomic E-state index is -0.514. The second kappa shape index (κ2) is 12.2. The van der Waals surface area contributed by atoms with E-state index in [1.807, 2.05) is 68.4 Å². The zero-order chi connectivity index (χ0) is 32.5. The van der Waals surface area contributed by atoms with E-state index in [0.717, 1.165) is 28.0 Å². The first-order valence-corrected chi connectivity index (χ1v) is 14.9. The molecule has 0 saturated carbocycles. The number of rotatable bonds is 8. The van der Waals surface area contributed by atoms with Crippen LogP contribution in [0.1, 0.15) is 17.0 Å². The van der Waals surface area contributed by atoms with E-state index in [9.17, 15) is 14.0 Å². The molecule has 0 bridgehead atoms. The molecule has 3 heterocycles. The highest BCUT2D eigenvalue weighted by molar-refractivity contribution is 5.92. The number of nitrogens with zero attached hydrogens (tertiary/aromatic N) is 4. The Labute approximate surface area is 268 Å². The fourth-order valence-corrected chi connectivity index (χ4v) is 5.51. The number of para-hydroxylation sites is 3. The number of carbonyl (C=O) groups excluding carboxylic acids is 1. The first-order chi connectivity index (χ1) is 22.9. The molecule has 0 fully saturated rings. The fraction of sp³-hybridized carbons (Fsp3) is 0.0811. The Hall–Kier alpha value is -6.29. The topological polar surface area (TPSA) is 104 Å². The van der Waals surface area contributed by atoms with Gasteiger partial charge in [-0.3, -0.25) is 9.59 Å². The van der Waals surface area contributed by atoms with Gasteiger partial charge in [-0.1, -0.05) is 42.5 Å². The molecule has 0 radical (unpaired) electrons. The van der Waals surface area contributed by atoms with Crippen LogP contribution in [0.25, 0.3) is 39.1 Å². The van der Waals surface area contributed by atoms with Gasteiger partial charge in [0, 0.05) is 28.0 Å². The molecular formula is C37H28FN5O4. The lowest BCUT2D eigenvalue weighted by Gasteiger charge is -2.12. The van der Waals surface area contributed by atoms with Gasteiger partial charge in [-0.15, -0.1) is 0 Å². The second-order valence-electron chi connectivity index (χ2n) is 10.9. The van der Waals surface area contributed by atoms with Crippen molar-refractivity contribution in [3.63, 3.8) is 0 Å². The number of halogens is 1. The molecule has 0 aliphatic rings. The van der Waals surface area contributed by atoms with Crippen molar-refractivity contribution in [3.05, 3.63) is 142 Å². The molecule has 232 valence electrons. The quantitative estimate of drug-likeness (QED) is 0.179. The fourth-order valence-electron chi connectivity index (χ4n) is 5.51. The van der Waals surface area contributed by atoms with E-state index in [-0.39, 0.29) is 17.9 Å². The van der Waals surface area contributed by atoms with Gasteiger partial charge in [-0.05, 0) is 80.6 Å². The first-order valence-electron chi connectivity index (χ1n) is 14.9. The molecule has 0 atom stereocenters. The van der Waals surface area contributed by atoms with Crippen molar-refractivity contribution in [2.45, 2.75) is 13.8 Å². The summed E-state index contributed by atoms with van der Waals surface area (Å²) in [6.45, 7) is 3.67. The maximum absolute atomic E-state index is 13.8. The molecule has 4 aromatic carbocycles. The summed E-state index contributed by atoms with van der Waals surface area (Å²) in [5.41, 5.74) is 4.55. The average molecular weight is 626 g/mol. The molecule has 0 aliphatic carbocycles. The van der Waals surface area contributed by atoms with Crippen LogP contribution in [0.2, 0.25) is 0 Å². The zero-order valence-electron chi connectivity index (χ0n) is 25.5. The molecule has 0 aliphatic heterocycles. The van der Waals surface area contributed by atoms with Crippen LogP contribution in [0, 0.1) is 19.7 Å². The van der Waals surface area contributed by atoms with E-state index in [2.05, 4.69) is 15.0 Å². The van der Waals surface area contributed by atoms with Crippen LogP contribution in [0.15, 0.2) is 124 Å². The predicted molar refractivity (Wildman–Crippen MR) is 180 cm³/mol. The van der Waals surface area contributed by atoms with Gasteiger partial charge in [0.05, 0.1) is 22.8 Å². The van der Waals surface area contributed by atoms with Crippen molar-refractivity contribution in [2.24, 2.45) is 5.10 Å². The SMILES string of the molecule is Cc1cc(C=Nn2c(-c3cc4ccccc4o3)nc3ccccc3c2=O)c(C)n1-c1ccc(OCC(=O)Nc2ccccc2F)cc1. The number of carbonyl (C=O) groups is 1. The number of anilines is 1. The summed E-state index contributed by atoms with van der Waals surface area (Å²) in [5.74, 6) is 0.240. The average Bonchev–Trinajstić information content (AvgIpc) is 3.64. The smallest absolute Gasteiger partial charge is 0.282 e. The molecular weight excluding hydrogens is 597 g/mol. The van der Waals surface area contributed by atoms with Crippen LogP contribution in [0.4, 0.5) is 10.1 Å². The van der Waals surface area contributed by atoms with E-state index in [1.54, 1.807) is 48.7 Å². The van der Waals surface area contributed by atoms with Gasteiger partial charge < -0.3 is 19.0 Å². The zero-order valence-corrected chi connectivity index (χ0v) is 25.5. The first kappa shape index (κ1) is 29.4. The lowest BCUT2D eigenvalue weighted by atomic mass is 10.2. The molecule has 0 saturated heterocycles. The van der Waals surface area contributed by atoms with Crippen molar-refractivity contribution in [1.82, 2.24) is 14.2 Å². The molecule has 10 heteroatoms. The van der Waals surface area contributed by atoms with E-state index in [4.69, 9.17) is 14.1 Å². The van der Waals surface area contributed by atoms with Gasteiger partial charge in [-0.2, -0.15) is 9.78 Å². The van der Waals surface area contributed by atoms with Gasteiger partial charge in [0.15, 0.2) is 12.4 Å². The third kappa shape index (κ3) is 5.80. The Morgan fingerprint density at radius 3 is 2.51 bits per heavy atom. The van der Waals surface area contributed by atoms with Gasteiger partial charge >= 0.3 is 0 Å². The summed E-state index contributed by atoms with van der Waals surface area (Å²) < 4.78 is 28.9. The normalized spacial score (nSPS) is 11.5. The van der Waals surface area contributed by atoms with Crippen LogP contribution in [-0.2, 0) is 4.79 Å².